The molecule has 0 aliphatic heterocycles. The maximum atomic E-state index is 12.9. The van der Waals surface area contributed by atoms with Gasteiger partial charge < -0.3 is 16.2 Å². The van der Waals surface area contributed by atoms with Crippen LogP contribution in [0.4, 0.5) is 10.1 Å². The third-order valence-electron chi connectivity index (χ3n) is 1.83. The second kappa shape index (κ2) is 4.75. The van der Waals surface area contributed by atoms with E-state index in [2.05, 4.69) is 5.32 Å². The van der Waals surface area contributed by atoms with Gasteiger partial charge in [0.05, 0.1) is 6.61 Å². The molecule has 1 rings (SSSR count). The van der Waals surface area contributed by atoms with E-state index in [1.807, 2.05) is 0 Å². The van der Waals surface area contributed by atoms with Crippen molar-refractivity contribution in [2.45, 2.75) is 13.0 Å². The van der Waals surface area contributed by atoms with Crippen molar-refractivity contribution in [3.8, 4) is 0 Å². The summed E-state index contributed by atoms with van der Waals surface area (Å²) in [6.45, 7) is 1.47. The van der Waals surface area contributed by atoms with Crippen molar-refractivity contribution < 1.29 is 14.3 Å². The Morgan fingerprint density at radius 1 is 1.60 bits per heavy atom. The molecule has 0 aromatic heterocycles. The smallest absolute Gasteiger partial charge is 0.251 e. The van der Waals surface area contributed by atoms with E-state index in [9.17, 15) is 9.18 Å². The van der Waals surface area contributed by atoms with Gasteiger partial charge in [-0.1, -0.05) is 0 Å². The minimum atomic E-state index is -0.559. The Bertz CT molecular complexity index is 348. The van der Waals surface area contributed by atoms with E-state index in [1.54, 1.807) is 6.92 Å². The Morgan fingerprint density at radius 2 is 2.27 bits per heavy atom. The van der Waals surface area contributed by atoms with E-state index in [-0.39, 0.29) is 23.9 Å². The Hall–Kier alpha value is -1.62. The van der Waals surface area contributed by atoms with Crippen molar-refractivity contribution in [1.29, 1.82) is 0 Å². The normalized spacial score (nSPS) is 12.2. The number of anilines is 1. The standard InChI is InChI=1S/C10H13FN2O2/c1-6(5-14)13-10(15)7-2-8(11)4-9(12)3-7/h2-4,6,14H,5,12H2,1H3,(H,13,15). The van der Waals surface area contributed by atoms with Crippen LogP contribution in [0.25, 0.3) is 0 Å². The number of aliphatic hydroxyl groups is 1. The second-order valence-electron chi connectivity index (χ2n) is 3.33. The first-order valence-electron chi connectivity index (χ1n) is 4.50. The summed E-state index contributed by atoms with van der Waals surface area (Å²) in [5.74, 6) is -1.01. The maximum absolute atomic E-state index is 12.9. The highest BCUT2D eigenvalue weighted by Crippen LogP contribution is 2.10. The second-order valence-corrected chi connectivity index (χ2v) is 3.33. The Kier molecular flexibility index (Phi) is 3.62. The number of nitrogens with two attached hydrogens (primary N) is 1. The first kappa shape index (κ1) is 11.5. The van der Waals surface area contributed by atoms with Crippen LogP contribution in [-0.4, -0.2) is 23.7 Å². The number of rotatable bonds is 3. The molecule has 1 amide bonds. The summed E-state index contributed by atoms with van der Waals surface area (Å²) < 4.78 is 12.9. The van der Waals surface area contributed by atoms with E-state index < -0.39 is 11.7 Å². The lowest BCUT2D eigenvalue weighted by molar-refractivity contribution is 0.0922. The minimum Gasteiger partial charge on any atom is -0.399 e. The molecule has 4 N–H and O–H groups in total. The topological polar surface area (TPSA) is 75.3 Å². The number of hydrogen-bond acceptors (Lipinski definition) is 3. The van der Waals surface area contributed by atoms with Gasteiger partial charge in [-0.2, -0.15) is 0 Å². The first-order chi connectivity index (χ1) is 7.02. The third kappa shape index (κ3) is 3.21. The molecule has 82 valence electrons. The fourth-order valence-corrected chi connectivity index (χ4v) is 1.10. The van der Waals surface area contributed by atoms with Crippen LogP contribution in [0.2, 0.25) is 0 Å². The molecule has 1 atom stereocenters. The molecule has 0 radical (unpaired) electrons. The number of amides is 1. The van der Waals surface area contributed by atoms with Gasteiger partial charge in [0.2, 0.25) is 0 Å². The van der Waals surface area contributed by atoms with Crippen LogP contribution in [0.3, 0.4) is 0 Å². The number of halogens is 1. The van der Waals surface area contributed by atoms with Crippen LogP contribution in [0.15, 0.2) is 18.2 Å². The lowest BCUT2D eigenvalue weighted by atomic mass is 10.1. The fourth-order valence-electron chi connectivity index (χ4n) is 1.10. The van der Waals surface area contributed by atoms with Gasteiger partial charge in [0, 0.05) is 17.3 Å². The van der Waals surface area contributed by atoms with Gasteiger partial charge in [-0.15, -0.1) is 0 Å². The number of carbonyl (C=O) groups excluding carboxylic acids is 1. The molecule has 0 aliphatic rings. The van der Waals surface area contributed by atoms with Gasteiger partial charge in [-0.3, -0.25) is 4.79 Å². The molecule has 0 heterocycles. The SMILES string of the molecule is CC(CO)NC(=O)c1cc(N)cc(F)c1. The van der Waals surface area contributed by atoms with Crippen LogP contribution in [-0.2, 0) is 0 Å². The van der Waals surface area contributed by atoms with Crippen LogP contribution < -0.4 is 11.1 Å². The summed E-state index contributed by atoms with van der Waals surface area (Å²) in [5.41, 5.74) is 5.73. The number of hydrogen-bond donors (Lipinski definition) is 3. The molecular weight excluding hydrogens is 199 g/mol. The van der Waals surface area contributed by atoms with Crippen molar-refractivity contribution in [2.75, 3.05) is 12.3 Å². The van der Waals surface area contributed by atoms with Crippen molar-refractivity contribution in [1.82, 2.24) is 5.32 Å². The van der Waals surface area contributed by atoms with E-state index in [4.69, 9.17) is 10.8 Å². The zero-order valence-corrected chi connectivity index (χ0v) is 8.33. The average Bonchev–Trinajstić information content (AvgIpc) is 2.16. The summed E-state index contributed by atoms with van der Waals surface area (Å²) in [4.78, 5) is 11.5. The molecule has 0 saturated carbocycles. The van der Waals surface area contributed by atoms with Crippen LogP contribution in [0.5, 0.6) is 0 Å². The third-order valence-corrected chi connectivity index (χ3v) is 1.83. The van der Waals surface area contributed by atoms with Crippen molar-refractivity contribution in [2.24, 2.45) is 0 Å². The maximum Gasteiger partial charge on any atom is 0.251 e. The monoisotopic (exact) mass is 212 g/mol. The Balaban J connectivity index is 2.82. The summed E-state index contributed by atoms with van der Waals surface area (Å²) in [5, 5.41) is 11.2. The minimum absolute atomic E-state index is 0.146. The Labute approximate surface area is 86.9 Å². The molecular formula is C10H13FN2O2. The largest absolute Gasteiger partial charge is 0.399 e. The van der Waals surface area contributed by atoms with E-state index in [0.29, 0.717) is 0 Å². The zero-order chi connectivity index (χ0) is 11.4. The number of nitrogen functional groups attached to an aromatic ring is 1. The highest BCUT2D eigenvalue weighted by atomic mass is 19.1. The van der Waals surface area contributed by atoms with E-state index >= 15 is 0 Å². The van der Waals surface area contributed by atoms with Crippen molar-refractivity contribution >= 4 is 11.6 Å². The molecule has 4 nitrogen and oxygen atoms in total. The predicted octanol–water partition coefficient (Wildman–Crippen LogP) is 0.519. The van der Waals surface area contributed by atoms with Crippen molar-refractivity contribution in [3.63, 3.8) is 0 Å². The predicted molar refractivity (Wildman–Crippen MR) is 54.8 cm³/mol. The van der Waals surface area contributed by atoms with Gasteiger partial charge in [-0.05, 0) is 25.1 Å². The van der Waals surface area contributed by atoms with E-state index in [0.717, 1.165) is 12.1 Å². The fraction of sp³-hybridized carbons (Fsp3) is 0.300. The van der Waals surface area contributed by atoms with Crippen LogP contribution in [0.1, 0.15) is 17.3 Å². The van der Waals surface area contributed by atoms with Gasteiger partial charge >= 0.3 is 0 Å². The highest BCUT2D eigenvalue weighted by Gasteiger charge is 2.10. The summed E-state index contributed by atoms with van der Waals surface area (Å²) in [6.07, 6.45) is 0. The summed E-state index contributed by atoms with van der Waals surface area (Å²) in [7, 11) is 0. The molecule has 1 aromatic rings. The molecule has 15 heavy (non-hydrogen) atoms. The van der Waals surface area contributed by atoms with Crippen LogP contribution >= 0.6 is 0 Å². The van der Waals surface area contributed by atoms with Gasteiger partial charge in [0.1, 0.15) is 5.82 Å². The Morgan fingerprint density at radius 3 is 2.80 bits per heavy atom. The molecule has 0 aliphatic carbocycles. The van der Waals surface area contributed by atoms with Gasteiger partial charge in [-0.25, -0.2) is 4.39 Å². The lowest BCUT2D eigenvalue weighted by Crippen LogP contribution is -2.35. The summed E-state index contributed by atoms with van der Waals surface area (Å²) >= 11 is 0. The quantitative estimate of drug-likeness (QED) is 0.639. The molecule has 0 spiro atoms. The average molecular weight is 212 g/mol. The molecule has 5 heteroatoms. The number of benzene rings is 1. The first-order valence-corrected chi connectivity index (χ1v) is 4.50. The van der Waals surface area contributed by atoms with E-state index in [1.165, 1.54) is 6.07 Å². The number of carbonyl (C=O) groups is 1. The van der Waals surface area contributed by atoms with Gasteiger partial charge in [0.25, 0.3) is 5.91 Å². The molecule has 0 fully saturated rings. The number of nitrogens with one attached hydrogen (secondary N) is 1. The lowest BCUT2D eigenvalue weighted by Gasteiger charge is -2.10. The summed E-state index contributed by atoms with van der Waals surface area (Å²) in [6, 6.07) is 3.23. The molecule has 0 saturated heterocycles. The number of aliphatic hydroxyl groups excluding tert-OH is 1. The molecule has 1 aromatic carbocycles. The molecule has 1 unspecified atom stereocenters. The van der Waals surface area contributed by atoms with Gasteiger partial charge in [0.15, 0.2) is 0 Å². The zero-order valence-electron chi connectivity index (χ0n) is 8.33. The highest BCUT2D eigenvalue weighted by molar-refractivity contribution is 5.95. The molecule has 0 bridgehead atoms. The van der Waals surface area contributed by atoms with Crippen molar-refractivity contribution in [3.05, 3.63) is 29.6 Å². The van der Waals surface area contributed by atoms with Crippen LogP contribution in [0, 0.1) is 5.82 Å².